The van der Waals surface area contributed by atoms with Crippen molar-refractivity contribution in [3.05, 3.63) is 65.4 Å². The zero-order valence-corrected chi connectivity index (χ0v) is 17.7. The number of benzene rings is 1. The van der Waals surface area contributed by atoms with Crippen LogP contribution < -0.4 is 0 Å². The first-order valence-electron chi connectivity index (χ1n) is 9.82. The van der Waals surface area contributed by atoms with Gasteiger partial charge in [-0.05, 0) is 59.6 Å². The molecule has 2 heterocycles. The van der Waals surface area contributed by atoms with Crippen LogP contribution in [0.3, 0.4) is 0 Å². The topological polar surface area (TPSA) is 48.9 Å². The first-order chi connectivity index (χ1) is 12.9. The van der Waals surface area contributed by atoms with Crippen molar-refractivity contribution in [2.45, 2.75) is 65.4 Å². The summed E-state index contributed by atoms with van der Waals surface area (Å²) in [4.78, 5) is 7.58. The van der Waals surface area contributed by atoms with Crippen LogP contribution in [0, 0.1) is 18.2 Å². The highest BCUT2D eigenvalue weighted by Crippen LogP contribution is 2.44. The van der Waals surface area contributed by atoms with Crippen molar-refractivity contribution >= 4 is 10.9 Å². The van der Waals surface area contributed by atoms with Gasteiger partial charge < -0.3 is 10.1 Å². The summed E-state index contributed by atoms with van der Waals surface area (Å²) in [5.74, 6) is -0.240. The molecule has 0 spiro atoms. The lowest BCUT2D eigenvalue weighted by atomic mass is 9.64. The highest BCUT2D eigenvalue weighted by Gasteiger charge is 2.45. The Labute approximate surface area is 167 Å². The maximum absolute atomic E-state index is 13.9. The van der Waals surface area contributed by atoms with Gasteiger partial charge in [0.1, 0.15) is 5.82 Å². The minimum atomic E-state index is -0.983. The largest absolute Gasteiger partial charge is 0.389 e. The van der Waals surface area contributed by atoms with E-state index in [0.29, 0.717) is 12.8 Å². The van der Waals surface area contributed by atoms with Gasteiger partial charge in [0.25, 0.3) is 0 Å². The SMILES string of the molecule is Cc1ccc(F)cc1C(C)(C)C[C@](O)(Cc1cc2cnccc2[nH]1)C(C)(C)C. The molecule has 2 aromatic heterocycles. The van der Waals surface area contributed by atoms with E-state index < -0.39 is 5.60 Å². The molecule has 1 atom stereocenters. The van der Waals surface area contributed by atoms with Crippen LogP contribution in [0.5, 0.6) is 0 Å². The number of nitrogens with one attached hydrogen (secondary N) is 1. The van der Waals surface area contributed by atoms with Crippen molar-refractivity contribution in [2.24, 2.45) is 5.41 Å². The third kappa shape index (κ3) is 3.97. The second-order valence-electron chi connectivity index (χ2n) is 9.74. The van der Waals surface area contributed by atoms with Gasteiger partial charge in [0, 0.05) is 35.4 Å². The lowest BCUT2D eigenvalue weighted by molar-refractivity contribution is -0.0775. The number of pyridine rings is 1. The van der Waals surface area contributed by atoms with Crippen molar-refractivity contribution in [1.82, 2.24) is 9.97 Å². The molecule has 0 amide bonds. The minimum absolute atomic E-state index is 0.240. The Morgan fingerprint density at radius 2 is 1.79 bits per heavy atom. The normalized spacial score (nSPS) is 15.0. The molecule has 0 aliphatic rings. The van der Waals surface area contributed by atoms with Gasteiger partial charge >= 0.3 is 0 Å². The summed E-state index contributed by atoms with van der Waals surface area (Å²) in [6.45, 7) is 12.3. The highest BCUT2D eigenvalue weighted by atomic mass is 19.1. The van der Waals surface area contributed by atoms with E-state index >= 15 is 0 Å². The molecule has 2 N–H and O–H groups in total. The van der Waals surface area contributed by atoms with Crippen molar-refractivity contribution in [2.75, 3.05) is 0 Å². The molecule has 3 aromatic rings. The molecule has 1 aromatic carbocycles. The quantitative estimate of drug-likeness (QED) is 0.595. The summed E-state index contributed by atoms with van der Waals surface area (Å²) in [5, 5.41) is 12.9. The maximum atomic E-state index is 13.9. The van der Waals surface area contributed by atoms with Gasteiger partial charge in [0.05, 0.1) is 5.60 Å². The number of hydrogen-bond donors (Lipinski definition) is 2. The lowest BCUT2D eigenvalue weighted by Gasteiger charge is -2.45. The van der Waals surface area contributed by atoms with Crippen LogP contribution in [0.25, 0.3) is 10.9 Å². The molecule has 0 saturated carbocycles. The van der Waals surface area contributed by atoms with Gasteiger partial charge in [-0.25, -0.2) is 4.39 Å². The van der Waals surface area contributed by atoms with Gasteiger partial charge in [-0.2, -0.15) is 0 Å². The van der Waals surface area contributed by atoms with E-state index in [2.05, 4.69) is 50.7 Å². The van der Waals surface area contributed by atoms with Crippen molar-refractivity contribution in [3.8, 4) is 0 Å². The van der Waals surface area contributed by atoms with Crippen molar-refractivity contribution < 1.29 is 9.50 Å². The molecule has 3 rings (SSSR count). The number of aromatic nitrogens is 2. The summed E-state index contributed by atoms with van der Waals surface area (Å²) in [5.41, 5.74) is 2.25. The number of hydrogen-bond acceptors (Lipinski definition) is 2. The number of aryl methyl sites for hydroxylation is 1. The fraction of sp³-hybridized carbons (Fsp3) is 0.458. The summed E-state index contributed by atoms with van der Waals surface area (Å²) in [6, 6.07) is 8.90. The third-order valence-corrected chi connectivity index (χ3v) is 6.02. The second-order valence-corrected chi connectivity index (χ2v) is 9.74. The van der Waals surface area contributed by atoms with Crippen molar-refractivity contribution in [1.29, 1.82) is 0 Å². The molecule has 0 bridgehead atoms. The van der Waals surface area contributed by atoms with E-state index in [-0.39, 0.29) is 16.6 Å². The second kappa shape index (κ2) is 7.00. The average Bonchev–Trinajstić information content (AvgIpc) is 2.97. The highest BCUT2D eigenvalue weighted by molar-refractivity contribution is 5.79. The Balaban J connectivity index is 1.98. The fourth-order valence-corrected chi connectivity index (χ4v) is 4.19. The molecular weight excluding hydrogens is 351 g/mol. The Hall–Kier alpha value is -2.20. The molecule has 0 saturated heterocycles. The molecular formula is C24H31FN2O. The van der Waals surface area contributed by atoms with E-state index in [1.807, 2.05) is 25.3 Å². The Morgan fingerprint density at radius 1 is 1.07 bits per heavy atom. The zero-order valence-electron chi connectivity index (χ0n) is 17.7. The molecule has 0 unspecified atom stereocenters. The lowest BCUT2D eigenvalue weighted by Crippen LogP contribution is -2.49. The van der Waals surface area contributed by atoms with E-state index in [4.69, 9.17) is 0 Å². The van der Waals surface area contributed by atoms with Crippen LogP contribution >= 0.6 is 0 Å². The Morgan fingerprint density at radius 3 is 2.43 bits per heavy atom. The van der Waals surface area contributed by atoms with Gasteiger partial charge in [-0.15, -0.1) is 0 Å². The van der Waals surface area contributed by atoms with Crippen LogP contribution in [0.2, 0.25) is 0 Å². The number of fused-ring (bicyclic) bond motifs is 1. The molecule has 0 radical (unpaired) electrons. The van der Waals surface area contributed by atoms with Gasteiger partial charge in [0.15, 0.2) is 0 Å². The first kappa shape index (κ1) is 20.5. The van der Waals surface area contributed by atoms with Crippen LogP contribution in [0.15, 0.2) is 42.7 Å². The average molecular weight is 383 g/mol. The number of rotatable bonds is 5. The monoisotopic (exact) mass is 382 g/mol. The van der Waals surface area contributed by atoms with Crippen molar-refractivity contribution in [3.63, 3.8) is 0 Å². The minimum Gasteiger partial charge on any atom is -0.389 e. The van der Waals surface area contributed by atoms with E-state index in [9.17, 15) is 9.50 Å². The molecule has 3 nitrogen and oxygen atoms in total. The standard InChI is InChI=1S/C24H31FN2O/c1-16-7-8-18(25)12-20(16)23(5,6)15-24(28,22(2,3)4)13-19-11-17-14-26-10-9-21(17)27-19/h7-12,14,27-28H,13,15H2,1-6H3/t24-/m1/s1. The summed E-state index contributed by atoms with van der Waals surface area (Å²) < 4.78 is 13.9. The Kier molecular flexibility index (Phi) is 5.13. The Bertz CT molecular complexity index is 951. The number of halogens is 1. The smallest absolute Gasteiger partial charge is 0.123 e. The van der Waals surface area contributed by atoms with Gasteiger partial charge in [-0.1, -0.05) is 40.7 Å². The molecule has 0 aliphatic carbocycles. The molecule has 0 fully saturated rings. The molecule has 150 valence electrons. The first-order valence-corrected chi connectivity index (χ1v) is 9.82. The van der Waals surface area contributed by atoms with E-state index in [1.165, 1.54) is 6.07 Å². The van der Waals surface area contributed by atoms with E-state index in [1.54, 1.807) is 12.3 Å². The number of H-pyrrole nitrogens is 1. The van der Waals surface area contributed by atoms with Crippen LogP contribution in [0.1, 0.15) is 57.9 Å². The number of aromatic amines is 1. The van der Waals surface area contributed by atoms with Crippen LogP contribution in [-0.2, 0) is 11.8 Å². The molecule has 0 aliphatic heterocycles. The summed E-state index contributed by atoms with van der Waals surface area (Å²) >= 11 is 0. The predicted molar refractivity (Wildman–Crippen MR) is 113 cm³/mol. The maximum Gasteiger partial charge on any atom is 0.123 e. The van der Waals surface area contributed by atoms with Crippen LogP contribution in [0.4, 0.5) is 4.39 Å². The predicted octanol–water partition coefficient (Wildman–Crippen LogP) is 5.70. The zero-order chi connectivity index (χ0) is 20.7. The summed E-state index contributed by atoms with van der Waals surface area (Å²) in [7, 11) is 0. The van der Waals surface area contributed by atoms with E-state index in [0.717, 1.165) is 27.7 Å². The molecule has 28 heavy (non-hydrogen) atoms. The number of aliphatic hydroxyl groups is 1. The third-order valence-electron chi connectivity index (χ3n) is 6.02. The fourth-order valence-electron chi connectivity index (χ4n) is 4.19. The molecule has 4 heteroatoms. The summed E-state index contributed by atoms with van der Waals surface area (Å²) in [6.07, 6.45) is 4.59. The van der Waals surface area contributed by atoms with Gasteiger partial charge in [-0.3, -0.25) is 4.98 Å². The number of nitrogens with zero attached hydrogens (tertiary/aromatic N) is 1. The van der Waals surface area contributed by atoms with Crippen LogP contribution in [-0.4, -0.2) is 20.7 Å². The van der Waals surface area contributed by atoms with Gasteiger partial charge in [0.2, 0.25) is 0 Å².